The van der Waals surface area contributed by atoms with E-state index < -0.39 is 16.0 Å². The number of fused-ring (bicyclic) bond motifs is 1. The molecule has 1 aliphatic rings. The highest BCUT2D eigenvalue weighted by molar-refractivity contribution is 8.15. The fourth-order valence-corrected chi connectivity index (χ4v) is 4.77. The van der Waals surface area contributed by atoms with E-state index in [1.807, 2.05) is 0 Å². The molecule has 9 heteroatoms. The van der Waals surface area contributed by atoms with Gasteiger partial charge in [-0.2, -0.15) is 8.42 Å². The van der Waals surface area contributed by atoms with Gasteiger partial charge in [0, 0.05) is 15.6 Å². The third-order valence-electron chi connectivity index (χ3n) is 3.13. The maximum atomic E-state index is 12.4. The molecule has 1 heterocycles. The van der Waals surface area contributed by atoms with Crippen molar-refractivity contribution in [1.29, 1.82) is 0 Å². The Morgan fingerprint density at radius 3 is 2.75 bits per heavy atom. The van der Waals surface area contributed by atoms with Crippen LogP contribution in [0.5, 0.6) is 0 Å². The van der Waals surface area contributed by atoms with Crippen LogP contribution in [0.4, 0.5) is 5.69 Å². The number of carbonyl (C=O) groups excluding carboxylic acids is 1. The van der Waals surface area contributed by atoms with Crippen LogP contribution in [0.25, 0.3) is 0 Å². The fourth-order valence-electron chi connectivity index (χ4n) is 2.06. The summed E-state index contributed by atoms with van der Waals surface area (Å²) in [7, 11) is -2.69. The Balaban J connectivity index is 1.95. The number of methoxy groups -OCH3 is 1. The smallest absolute Gasteiger partial charge is 0.337 e. The molecule has 0 fully saturated rings. The van der Waals surface area contributed by atoms with Crippen LogP contribution in [0.3, 0.4) is 0 Å². The molecular formula is C15H11ClN2O4S2. The molecule has 2 aromatic carbocycles. The molecule has 0 saturated heterocycles. The van der Waals surface area contributed by atoms with Crippen LogP contribution in [0.2, 0.25) is 5.02 Å². The number of esters is 1. The zero-order valence-corrected chi connectivity index (χ0v) is 14.7. The van der Waals surface area contributed by atoms with Gasteiger partial charge in [0.2, 0.25) is 0 Å². The van der Waals surface area contributed by atoms with Crippen LogP contribution in [-0.2, 0) is 14.8 Å². The standard InChI is InChI=1S/C15H11ClN2O4S2/c1-22-14(19)9-5-6-12-13(7-9)24(20,21)18-15(23-12)17-11-4-2-3-10(16)8-11/h2-8H,1H3,(H,17,18). The highest BCUT2D eigenvalue weighted by Crippen LogP contribution is 2.35. The quantitative estimate of drug-likeness (QED) is 0.801. The van der Waals surface area contributed by atoms with E-state index in [1.165, 1.54) is 19.2 Å². The minimum atomic E-state index is -3.92. The molecule has 0 aromatic heterocycles. The summed E-state index contributed by atoms with van der Waals surface area (Å²) in [5, 5.41) is 3.65. The number of amidine groups is 1. The van der Waals surface area contributed by atoms with Gasteiger partial charge in [-0.25, -0.2) is 4.79 Å². The van der Waals surface area contributed by atoms with E-state index >= 15 is 0 Å². The van der Waals surface area contributed by atoms with E-state index in [9.17, 15) is 13.2 Å². The molecule has 24 heavy (non-hydrogen) atoms. The Kier molecular flexibility index (Phi) is 4.53. The Hall–Kier alpha value is -2.03. The zero-order valence-electron chi connectivity index (χ0n) is 12.3. The number of nitrogens with one attached hydrogen (secondary N) is 1. The Morgan fingerprint density at radius 1 is 1.25 bits per heavy atom. The number of benzene rings is 2. The maximum absolute atomic E-state index is 12.4. The summed E-state index contributed by atoms with van der Waals surface area (Å²) < 4.78 is 33.1. The number of thioether (sulfide) groups is 1. The molecule has 0 amide bonds. The van der Waals surface area contributed by atoms with Gasteiger partial charge in [-0.3, -0.25) is 0 Å². The number of ether oxygens (including phenoxy) is 1. The number of sulfonamides is 1. The molecule has 0 bridgehead atoms. The summed E-state index contributed by atoms with van der Waals surface area (Å²) in [6, 6.07) is 11.2. The van der Waals surface area contributed by atoms with Gasteiger partial charge < -0.3 is 10.1 Å². The van der Waals surface area contributed by atoms with Gasteiger partial charge in [-0.1, -0.05) is 17.7 Å². The SMILES string of the molecule is COC(=O)c1ccc2c(c1)S(=O)(=O)N=C(Nc1cccc(Cl)c1)S2. The van der Waals surface area contributed by atoms with Crippen LogP contribution < -0.4 is 5.32 Å². The van der Waals surface area contributed by atoms with E-state index in [-0.39, 0.29) is 15.6 Å². The first kappa shape index (κ1) is 16.8. The Morgan fingerprint density at radius 2 is 2.04 bits per heavy atom. The van der Waals surface area contributed by atoms with Gasteiger partial charge in [0.15, 0.2) is 5.17 Å². The van der Waals surface area contributed by atoms with Gasteiger partial charge in [-0.15, -0.1) is 4.40 Å². The van der Waals surface area contributed by atoms with E-state index in [0.29, 0.717) is 15.6 Å². The molecule has 2 aromatic rings. The summed E-state index contributed by atoms with van der Waals surface area (Å²) in [6.07, 6.45) is 0. The normalized spacial score (nSPS) is 15.2. The van der Waals surface area contributed by atoms with Crippen molar-refractivity contribution in [1.82, 2.24) is 0 Å². The average Bonchev–Trinajstić information content (AvgIpc) is 2.53. The van der Waals surface area contributed by atoms with Crippen molar-refractivity contribution in [2.75, 3.05) is 12.4 Å². The number of hydrogen-bond donors (Lipinski definition) is 1. The summed E-state index contributed by atoms with van der Waals surface area (Å²) >= 11 is 7.06. The minimum absolute atomic E-state index is 0.0213. The lowest BCUT2D eigenvalue weighted by Gasteiger charge is -2.17. The first-order valence-electron chi connectivity index (χ1n) is 6.67. The maximum Gasteiger partial charge on any atom is 0.337 e. The fraction of sp³-hybridized carbons (Fsp3) is 0.0667. The number of anilines is 1. The first-order chi connectivity index (χ1) is 11.4. The van der Waals surface area contributed by atoms with Gasteiger partial charge in [0.05, 0.1) is 12.7 Å². The number of nitrogens with zero attached hydrogens (tertiary/aromatic N) is 1. The molecule has 0 aliphatic carbocycles. The molecule has 0 saturated carbocycles. The Labute approximate surface area is 147 Å². The molecule has 0 radical (unpaired) electrons. The Bertz CT molecular complexity index is 958. The topological polar surface area (TPSA) is 84.8 Å². The number of rotatable bonds is 2. The monoisotopic (exact) mass is 382 g/mol. The molecule has 1 aliphatic heterocycles. The highest BCUT2D eigenvalue weighted by atomic mass is 35.5. The van der Waals surface area contributed by atoms with Crippen molar-refractivity contribution in [3.8, 4) is 0 Å². The number of halogens is 1. The molecular weight excluding hydrogens is 372 g/mol. The zero-order chi connectivity index (χ0) is 17.3. The molecule has 0 atom stereocenters. The molecule has 0 unspecified atom stereocenters. The van der Waals surface area contributed by atoms with Crippen molar-refractivity contribution in [3.63, 3.8) is 0 Å². The predicted octanol–water partition coefficient (Wildman–Crippen LogP) is 3.39. The molecule has 124 valence electrons. The first-order valence-corrected chi connectivity index (χ1v) is 9.30. The second-order valence-electron chi connectivity index (χ2n) is 4.76. The summed E-state index contributed by atoms with van der Waals surface area (Å²) in [5.41, 5.74) is 0.778. The van der Waals surface area contributed by atoms with Crippen LogP contribution in [0, 0.1) is 0 Å². The second-order valence-corrected chi connectivity index (χ2v) is 7.80. The highest BCUT2D eigenvalue weighted by Gasteiger charge is 2.27. The molecule has 0 spiro atoms. The van der Waals surface area contributed by atoms with Crippen LogP contribution in [-0.4, -0.2) is 26.7 Å². The third-order valence-corrected chi connectivity index (χ3v) is 5.89. The second kappa shape index (κ2) is 6.46. The lowest BCUT2D eigenvalue weighted by atomic mass is 10.2. The van der Waals surface area contributed by atoms with Crippen LogP contribution in [0.15, 0.2) is 56.7 Å². The van der Waals surface area contributed by atoms with Crippen LogP contribution in [0.1, 0.15) is 10.4 Å². The van der Waals surface area contributed by atoms with Crippen molar-refractivity contribution < 1.29 is 17.9 Å². The lowest BCUT2D eigenvalue weighted by molar-refractivity contribution is 0.0600. The van der Waals surface area contributed by atoms with Crippen molar-refractivity contribution in [2.24, 2.45) is 4.40 Å². The molecule has 1 N–H and O–H groups in total. The summed E-state index contributed by atoms with van der Waals surface area (Å²) in [6.45, 7) is 0. The summed E-state index contributed by atoms with van der Waals surface area (Å²) in [4.78, 5) is 12.0. The summed E-state index contributed by atoms with van der Waals surface area (Å²) in [5.74, 6) is -0.607. The van der Waals surface area contributed by atoms with E-state index in [4.69, 9.17) is 11.6 Å². The largest absolute Gasteiger partial charge is 0.465 e. The van der Waals surface area contributed by atoms with Gasteiger partial charge in [0.25, 0.3) is 10.0 Å². The van der Waals surface area contributed by atoms with E-state index in [1.54, 1.807) is 30.3 Å². The molecule has 6 nitrogen and oxygen atoms in total. The lowest BCUT2D eigenvalue weighted by Crippen LogP contribution is -2.17. The average molecular weight is 383 g/mol. The van der Waals surface area contributed by atoms with E-state index in [2.05, 4.69) is 14.5 Å². The van der Waals surface area contributed by atoms with Crippen LogP contribution >= 0.6 is 23.4 Å². The van der Waals surface area contributed by atoms with Gasteiger partial charge in [0.1, 0.15) is 4.90 Å². The minimum Gasteiger partial charge on any atom is -0.465 e. The molecule has 3 rings (SSSR count). The van der Waals surface area contributed by atoms with E-state index in [0.717, 1.165) is 11.8 Å². The third kappa shape index (κ3) is 3.40. The predicted molar refractivity (Wildman–Crippen MR) is 93.3 cm³/mol. The number of carbonyl (C=O) groups is 1. The van der Waals surface area contributed by atoms with Crippen molar-refractivity contribution in [3.05, 3.63) is 53.1 Å². The van der Waals surface area contributed by atoms with Crippen molar-refractivity contribution >= 4 is 50.2 Å². The van der Waals surface area contributed by atoms with Gasteiger partial charge in [-0.05, 0) is 48.2 Å². The van der Waals surface area contributed by atoms with Gasteiger partial charge >= 0.3 is 5.97 Å². The van der Waals surface area contributed by atoms with Crippen molar-refractivity contribution in [2.45, 2.75) is 9.79 Å². The number of hydrogen-bond acceptors (Lipinski definition) is 6.